The molecule has 0 radical (unpaired) electrons. The van der Waals surface area contributed by atoms with Gasteiger partial charge in [0.2, 0.25) is 0 Å². The predicted molar refractivity (Wildman–Crippen MR) is 95.6 cm³/mol. The van der Waals surface area contributed by atoms with Crippen molar-refractivity contribution < 1.29 is 10.2 Å². The Balaban J connectivity index is 1.68. The molecule has 1 fully saturated rings. The summed E-state index contributed by atoms with van der Waals surface area (Å²) in [6, 6.07) is 7.21. The number of aliphatic hydroxyl groups excluding tert-OH is 2. The predicted octanol–water partition coefficient (Wildman–Crippen LogP) is 2.14. The van der Waals surface area contributed by atoms with Gasteiger partial charge in [-0.25, -0.2) is 0 Å². The summed E-state index contributed by atoms with van der Waals surface area (Å²) in [5.74, 6) is 0. The zero-order valence-electron chi connectivity index (χ0n) is 14.0. The fourth-order valence-electron chi connectivity index (χ4n) is 4.05. The largest absolute Gasteiger partial charge is 0.394 e. The molecule has 2 aliphatic rings. The summed E-state index contributed by atoms with van der Waals surface area (Å²) in [4.78, 5) is 4.84. The highest BCUT2D eigenvalue weighted by Gasteiger charge is 2.40. The SMILES string of the molecule is CC1(C)C[C@H](N2CCN(C[C@H](O)CO)CC2)c2ccc(Br)cc21. The Kier molecular flexibility index (Phi) is 5.14. The molecule has 1 aliphatic carbocycles. The molecule has 1 aromatic carbocycles. The van der Waals surface area contributed by atoms with Crippen LogP contribution in [0.15, 0.2) is 22.7 Å². The average Bonchev–Trinajstić information content (AvgIpc) is 2.79. The summed E-state index contributed by atoms with van der Waals surface area (Å²) in [6.07, 6.45) is 0.544. The average molecular weight is 383 g/mol. The third-order valence-corrected chi connectivity index (χ3v) is 5.83. The number of rotatable bonds is 4. The first-order valence-electron chi connectivity index (χ1n) is 8.46. The molecule has 2 atom stereocenters. The van der Waals surface area contributed by atoms with Crippen LogP contribution in [0.2, 0.25) is 0 Å². The Bertz CT molecular complexity index is 556. The van der Waals surface area contributed by atoms with Crippen molar-refractivity contribution >= 4 is 15.9 Å². The summed E-state index contributed by atoms with van der Waals surface area (Å²) in [5.41, 5.74) is 3.16. The van der Waals surface area contributed by atoms with Gasteiger partial charge in [0.15, 0.2) is 0 Å². The number of benzene rings is 1. The topological polar surface area (TPSA) is 46.9 Å². The van der Waals surface area contributed by atoms with E-state index < -0.39 is 6.10 Å². The summed E-state index contributed by atoms with van der Waals surface area (Å²) in [6.45, 7) is 9.06. The second-order valence-corrected chi connectivity index (χ2v) is 8.42. The van der Waals surface area contributed by atoms with E-state index in [-0.39, 0.29) is 12.0 Å². The lowest BCUT2D eigenvalue weighted by Gasteiger charge is -2.39. The number of hydrogen-bond donors (Lipinski definition) is 2. The van der Waals surface area contributed by atoms with Gasteiger partial charge in [-0.05, 0) is 35.1 Å². The van der Waals surface area contributed by atoms with Gasteiger partial charge in [-0.2, -0.15) is 0 Å². The van der Waals surface area contributed by atoms with Gasteiger partial charge in [-0.15, -0.1) is 0 Å². The fourth-order valence-corrected chi connectivity index (χ4v) is 4.41. The van der Waals surface area contributed by atoms with E-state index in [1.165, 1.54) is 11.1 Å². The lowest BCUT2D eigenvalue weighted by Crippen LogP contribution is -2.49. The Labute approximate surface area is 147 Å². The van der Waals surface area contributed by atoms with E-state index in [4.69, 9.17) is 5.11 Å². The Morgan fingerprint density at radius 2 is 1.96 bits per heavy atom. The number of β-amino-alcohol motifs (C(OH)–C–C–N with tert-alkyl or cyclic N) is 1. The zero-order valence-corrected chi connectivity index (χ0v) is 15.6. The van der Waals surface area contributed by atoms with Crippen molar-refractivity contribution in [2.75, 3.05) is 39.3 Å². The van der Waals surface area contributed by atoms with Crippen molar-refractivity contribution in [1.29, 1.82) is 0 Å². The van der Waals surface area contributed by atoms with Crippen LogP contribution >= 0.6 is 15.9 Å². The molecule has 0 amide bonds. The maximum atomic E-state index is 9.60. The van der Waals surface area contributed by atoms with Crippen LogP contribution in [0, 0.1) is 0 Å². The number of fused-ring (bicyclic) bond motifs is 1. The highest BCUT2D eigenvalue weighted by Crippen LogP contribution is 2.48. The lowest BCUT2D eigenvalue weighted by molar-refractivity contribution is 0.0296. The molecule has 5 heteroatoms. The molecule has 0 aromatic heterocycles. The van der Waals surface area contributed by atoms with Gasteiger partial charge in [-0.1, -0.05) is 35.8 Å². The van der Waals surface area contributed by atoms with Crippen LogP contribution in [0.3, 0.4) is 0 Å². The van der Waals surface area contributed by atoms with Crippen LogP contribution in [0.1, 0.15) is 37.4 Å². The van der Waals surface area contributed by atoms with Crippen molar-refractivity contribution in [3.63, 3.8) is 0 Å². The molecular weight excluding hydrogens is 356 g/mol. The second kappa shape index (κ2) is 6.81. The van der Waals surface area contributed by atoms with E-state index >= 15 is 0 Å². The third-order valence-electron chi connectivity index (χ3n) is 5.33. The minimum Gasteiger partial charge on any atom is -0.394 e. The maximum Gasteiger partial charge on any atom is 0.0897 e. The molecule has 1 aromatic rings. The first-order valence-corrected chi connectivity index (χ1v) is 9.25. The molecule has 1 heterocycles. The second-order valence-electron chi connectivity index (χ2n) is 7.51. The van der Waals surface area contributed by atoms with Crippen LogP contribution in [0.25, 0.3) is 0 Å². The van der Waals surface area contributed by atoms with Crippen molar-refractivity contribution in [1.82, 2.24) is 9.80 Å². The van der Waals surface area contributed by atoms with Crippen LogP contribution in [-0.2, 0) is 5.41 Å². The number of halogens is 1. The molecule has 2 N–H and O–H groups in total. The molecule has 128 valence electrons. The van der Waals surface area contributed by atoms with Gasteiger partial charge in [0.1, 0.15) is 0 Å². The molecule has 3 rings (SSSR count). The highest BCUT2D eigenvalue weighted by atomic mass is 79.9. The Morgan fingerprint density at radius 3 is 2.61 bits per heavy atom. The molecule has 0 bridgehead atoms. The highest BCUT2D eigenvalue weighted by molar-refractivity contribution is 9.10. The number of piperazine rings is 1. The van der Waals surface area contributed by atoms with E-state index in [0.29, 0.717) is 12.6 Å². The molecule has 0 spiro atoms. The summed E-state index contributed by atoms with van der Waals surface area (Å²) in [5, 5.41) is 18.6. The first kappa shape index (κ1) is 17.4. The van der Waals surface area contributed by atoms with E-state index in [9.17, 15) is 5.11 Å². The molecule has 4 nitrogen and oxygen atoms in total. The van der Waals surface area contributed by atoms with Crippen LogP contribution < -0.4 is 0 Å². The van der Waals surface area contributed by atoms with E-state index in [1.807, 2.05) is 0 Å². The molecule has 0 unspecified atom stereocenters. The van der Waals surface area contributed by atoms with Gasteiger partial charge in [0.25, 0.3) is 0 Å². The third kappa shape index (κ3) is 3.64. The summed E-state index contributed by atoms with van der Waals surface area (Å²) in [7, 11) is 0. The molecule has 23 heavy (non-hydrogen) atoms. The number of hydrogen-bond acceptors (Lipinski definition) is 4. The number of nitrogens with zero attached hydrogens (tertiary/aromatic N) is 2. The Hall–Kier alpha value is -0.460. The fraction of sp³-hybridized carbons (Fsp3) is 0.667. The van der Waals surface area contributed by atoms with Crippen molar-refractivity contribution in [2.45, 2.75) is 37.8 Å². The van der Waals surface area contributed by atoms with E-state index in [0.717, 1.165) is 37.1 Å². The molecule has 1 aliphatic heterocycles. The molecular formula is C18H27BrN2O2. The van der Waals surface area contributed by atoms with Gasteiger partial charge >= 0.3 is 0 Å². The minimum atomic E-state index is -0.620. The quantitative estimate of drug-likeness (QED) is 0.837. The van der Waals surface area contributed by atoms with E-state index in [1.54, 1.807) is 0 Å². The summed E-state index contributed by atoms with van der Waals surface area (Å²) < 4.78 is 1.16. The van der Waals surface area contributed by atoms with Crippen LogP contribution in [-0.4, -0.2) is 65.4 Å². The van der Waals surface area contributed by atoms with Crippen molar-refractivity contribution in [2.24, 2.45) is 0 Å². The monoisotopic (exact) mass is 382 g/mol. The Morgan fingerprint density at radius 1 is 1.26 bits per heavy atom. The van der Waals surface area contributed by atoms with Gasteiger partial charge in [-0.3, -0.25) is 9.80 Å². The smallest absolute Gasteiger partial charge is 0.0897 e. The van der Waals surface area contributed by atoms with Crippen molar-refractivity contribution in [3.8, 4) is 0 Å². The van der Waals surface area contributed by atoms with Crippen molar-refractivity contribution in [3.05, 3.63) is 33.8 Å². The minimum absolute atomic E-state index is 0.153. The van der Waals surface area contributed by atoms with Crippen LogP contribution in [0.5, 0.6) is 0 Å². The van der Waals surface area contributed by atoms with Gasteiger partial charge in [0.05, 0.1) is 12.7 Å². The summed E-state index contributed by atoms with van der Waals surface area (Å²) >= 11 is 3.61. The van der Waals surface area contributed by atoms with Crippen LogP contribution in [0.4, 0.5) is 0 Å². The molecule has 0 saturated carbocycles. The lowest BCUT2D eigenvalue weighted by atomic mass is 9.86. The zero-order chi connectivity index (χ0) is 16.6. The van der Waals surface area contributed by atoms with Gasteiger partial charge in [0, 0.05) is 43.2 Å². The molecule has 1 saturated heterocycles. The maximum absolute atomic E-state index is 9.60. The van der Waals surface area contributed by atoms with E-state index in [2.05, 4.69) is 57.8 Å². The first-order chi connectivity index (χ1) is 10.9. The number of aliphatic hydroxyl groups is 2. The van der Waals surface area contributed by atoms with Gasteiger partial charge < -0.3 is 10.2 Å². The normalized spacial score (nSPS) is 26.2. The standard InChI is InChI=1S/C18H27BrN2O2/c1-18(2)10-17(15-4-3-13(19)9-16(15)18)21-7-5-20(6-8-21)11-14(23)12-22/h3-4,9,14,17,22-23H,5-8,10-12H2,1-2H3/t14-,17-/m0/s1.